The van der Waals surface area contributed by atoms with Crippen molar-refractivity contribution in [2.24, 2.45) is 0 Å². The van der Waals surface area contributed by atoms with E-state index < -0.39 is 0 Å². The molecule has 6 heterocycles. The van der Waals surface area contributed by atoms with Gasteiger partial charge in [0, 0.05) is 115 Å². The quantitative estimate of drug-likeness (QED) is 0.0171. The maximum Gasteiger partial charge on any atom is 0.269 e. The number of aromatic nitrogens is 6. The fourth-order valence-corrected chi connectivity index (χ4v) is 15.7. The van der Waals surface area contributed by atoms with Gasteiger partial charge in [0.05, 0.1) is 82.3 Å². The number of nitrogens with one attached hydrogen (secondary N) is 10. The first-order valence-corrected chi connectivity index (χ1v) is 46.3. The molecular formula is C112H115N21O8. The molecule has 0 atom stereocenters. The van der Waals surface area contributed by atoms with Crippen molar-refractivity contribution in [3.8, 4) is 47.6 Å². The van der Waals surface area contributed by atoms with Crippen molar-refractivity contribution >= 4 is 113 Å². The van der Waals surface area contributed by atoms with Crippen LogP contribution in [0.1, 0.15) is 167 Å². The van der Waals surface area contributed by atoms with Crippen LogP contribution in [0, 0.1) is 126 Å². The van der Waals surface area contributed by atoms with Gasteiger partial charge in [-0.2, -0.15) is 26.3 Å². The maximum absolute atomic E-state index is 12.3. The van der Waals surface area contributed by atoms with E-state index in [1.165, 1.54) is 0 Å². The van der Waals surface area contributed by atoms with Gasteiger partial charge in [-0.05, 0) is 297 Å². The van der Waals surface area contributed by atoms with Crippen LogP contribution in [-0.4, -0.2) is 146 Å². The Morgan fingerprint density at radius 2 is 0.574 bits per heavy atom. The molecule has 0 saturated carbocycles. The third-order valence-electron chi connectivity index (χ3n) is 22.7. The van der Waals surface area contributed by atoms with Gasteiger partial charge in [0.15, 0.2) is 0 Å². The minimum atomic E-state index is -0.192. The number of methoxy groups -OCH3 is 3. The zero-order chi connectivity index (χ0) is 101. The van der Waals surface area contributed by atoms with Crippen molar-refractivity contribution in [1.82, 2.24) is 56.5 Å². The van der Waals surface area contributed by atoms with Crippen LogP contribution in [0.3, 0.4) is 0 Å². The number of hydrogen-bond acceptors (Lipinski definition) is 24. The molecule has 0 radical (unpaired) electrons. The van der Waals surface area contributed by atoms with Gasteiger partial charge in [-0.15, -0.1) is 0 Å². The number of ether oxygens (including phenoxy) is 3. The van der Waals surface area contributed by atoms with Gasteiger partial charge in [0.2, 0.25) is 0 Å². The largest absolute Gasteiger partial charge is 0.497 e. The van der Waals surface area contributed by atoms with E-state index in [1.807, 2.05) is 154 Å². The Morgan fingerprint density at radius 1 is 0.277 bits per heavy atom. The van der Waals surface area contributed by atoms with Gasteiger partial charge in [-0.1, -0.05) is 72.8 Å². The van der Waals surface area contributed by atoms with Crippen molar-refractivity contribution in [3.05, 3.63) is 330 Å². The van der Waals surface area contributed by atoms with E-state index in [4.69, 9.17) is 14.2 Å². The number of benzene rings is 9. The smallest absolute Gasteiger partial charge is 0.269 e. The lowest BCUT2D eigenvalue weighted by Gasteiger charge is -2.12. The molecule has 0 bridgehead atoms. The molecule has 141 heavy (non-hydrogen) atoms. The normalized spacial score (nSPS) is 10.4. The number of nitrogens with zero attached hydrogens (tertiary/aromatic N) is 11. The number of anilines is 5. The van der Waals surface area contributed by atoms with Crippen molar-refractivity contribution in [1.29, 1.82) is 26.3 Å². The zero-order valence-electron chi connectivity index (χ0n) is 81.6. The summed E-state index contributed by atoms with van der Waals surface area (Å²) in [5.41, 5.74) is 20.9. The average Bonchev–Trinajstić information content (AvgIpc) is 0.809. The Morgan fingerprint density at radius 3 is 0.894 bits per heavy atom. The van der Waals surface area contributed by atoms with Gasteiger partial charge in [-0.25, -0.2) is 24.9 Å². The summed E-state index contributed by atoms with van der Waals surface area (Å²) in [4.78, 5) is 87.8. The number of pyridine rings is 6. The topological polar surface area (TPSA) is 430 Å². The third-order valence-corrected chi connectivity index (χ3v) is 22.7. The van der Waals surface area contributed by atoms with E-state index in [1.54, 1.807) is 125 Å². The summed E-state index contributed by atoms with van der Waals surface area (Å²) >= 11 is 0. The summed E-state index contributed by atoms with van der Waals surface area (Å²) in [5.74, 6) is 4.08. The van der Waals surface area contributed by atoms with E-state index in [0.717, 1.165) is 117 Å². The molecule has 0 aliphatic carbocycles. The van der Waals surface area contributed by atoms with E-state index in [0.29, 0.717) is 193 Å². The van der Waals surface area contributed by atoms with Crippen molar-refractivity contribution in [2.45, 2.75) is 101 Å². The van der Waals surface area contributed by atoms with E-state index in [-0.39, 0.29) is 29.5 Å². The first-order chi connectivity index (χ1) is 68.2. The fourth-order valence-electron chi connectivity index (χ4n) is 15.7. The van der Waals surface area contributed by atoms with Crippen LogP contribution in [0.25, 0.3) is 54.5 Å². The minimum absolute atomic E-state index is 0.0805. The molecule has 0 aliphatic rings. The third kappa shape index (κ3) is 29.5. The average molecular weight is 1880 g/mol. The Balaban J connectivity index is 0.000000169. The Kier molecular flexibility index (Phi) is 38.2. The van der Waals surface area contributed by atoms with E-state index in [9.17, 15) is 50.3 Å². The zero-order valence-corrected chi connectivity index (χ0v) is 81.6. The highest BCUT2D eigenvalue weighted by Crippen LogP contribution is 2.31. The monoisotopic (exact) mass is 1880 g/mol. The Bertz CT molecular complexity index is 7080. The van der Waals surface area contributed by atoms with E-state index >= 15 is 0 Å². The first-order valence-electron chi connectivity index (χ1n) is 46.3. The lowest BCUT2D eigenvalue weighted by Crippen LogP contribution is -2.26. The van der Waals surface area contributed by atoms with Crippen LogP contribution in [0.2, 0.25) is 0 Å². The summed E-state index contributed by atoms with van der Waals surface area (Å²) in [7, 11) is 4.70. The molecule has 29 heteroatoms. The molecule has 0 spiro atoms. The standard InChI is InChI=1S/3C23H24N4O2.C22H22N4O.C21H21N5O/c1-15-11-16(2)20-13-18(14-24)22(27-21(20)12-15)25-9-4-10-26-23(28)17-5-7-19(29-3)8-6-17;1-15-10-16(2)20-13-18(14-24)22(27-21(20)11-15)25-8-5-9-26-23(28)17-6-4-7-19(12-17)29-3;1-15-11-16(2)19-13-17(14-24)22(27-20(19)12-15)25-9-6-10-26-23(28)18-7-4-5-8-21(18)29-3;1-15-11-16(2)19-13-18(14-23)21(26-20(19)12-15)24-9-6-10-25-22(27)17-7-4-3-5-8-17;1-14-10-15(2)17-12-16(13-22)20(26-19(17)11-14)24-8-5-9-25-21(27)18-6-3-4-7-23-18/h5-8,11-13H,4,9-10H2,1-3H3,(H,25,27)(H,26,28);4,6-7,10-13H,5,8-9H2,1-3H3,(H,25,27)(H,26,28);4-5,7-8,11-13H,6,9-10H2,1-3H3,(H,25,27)(H,26,28);3-5,7-8,11-13H,6,9-10H2,1-2H3,(H,24,26)(H,25,27);3-4,6-7,10-12H,5,8-9H2,1-2H3,(H,24,26)(H,25,27). The Labute approximate surface area is 821 Å². The van der Waals surface area contributed by atoms with Crippen LogP contribution in [0.5, 0.6) is 17.2 Å². The highest BCUT2D eigenvalue weighted by molar-refractivity contribution is 5.98. The molecule has 5 amide bonds. The van der Waals surface area contributed by atoms with Crippen LogP contribution < -0.4 is 67.4 Å². The first kappa shape index (κ1) is 104. The Hall–Kier alpha value is -17.6. The minimum Gasteiger partial charge on any atom is -0.497 e. The number of para-hydroxylation sites is 1. The number of rotatable bonds is 33. The molecule has 10 N–H and O–H groups in total. The molecule has 6 aromatic heterocycles. The highest BCUT2D eigenvalue weighted by atomic mass is 16.5. The lowest BCUT2D eigenvalue weighted by atomic mass is 10.0. The van der Waals surface area contributed by atoms with Gasteiger partial charge >= 0.3 is 0 Å². The van der Waals surface area contributed by atoms with Gasteiger partial charge in [-0.3, -0.25) is 29.0 Å². The lowest BCUT2D eigenvalue weighted by molar-refractivity contribution is 0.0941. The molecule has 15 aromatic rings. The number of nitriles is 5. The van der Waals surface area contributed by atoms with Crippen molar-refractivity contribution in [3.63, 3.8) is 0 Å². The molecule has 0 saturated heterocycles. The molecule has 15 rings (SSSR count). The predicted molar refractivity (Wildman–Crippen MR) is 557 cm³/mol. The number of carbonyl (C=O) groups is 5. The molecule has 29 nitrogen and oxygen atoms in total. The van der Waals surface area contributed by atoms with Gasteiger partial charge in [0.1, 0.15) is 82.4 Å². The second-order valence-corrected chi connectivity index (χ2v) is 33.6. The second-order valence-electron chi connectivity index (χ2n) is 33.6. The highest BCUT2D eigenvalue weighted by Gasteiger charge is 2.19. The number of hydrogen-bond donors (Lipinski definition) is 10. The predicted octanol–water partition coefficient (Wildman–Crippen LogP) is 19.2. The number of fused-ring (bicyclic) bond motifs is 5. The van der Waals surface area contributed by atoms with Crippen molar-refractivity contribution < 1.29 is 38.2 Å². The number of carbonyl (C=O) groups excluding carboxylic acids is 5. The summed E-state index contributed by atoms with van der Waals surface area (Å²) in [6, 6.07) is 76.5. The maximum atomic E-state index is 12.3. The van der Waals surface area contributed by atoms with Crippen LogP contribution in [-0.2, 0) is 0 Å². The molecular weight excluding hydrogens is 1770 g/mol. The molecule has 0 fully saturated rings. The molecule has 0 unspecified atom stereocenters. The molecule has 0 aliphatic heterocycles. The summed E-state index contributed by atoms with van der Waals surface area (Å²) in [6.07, 6.45) is 5.13. The van der Waals surface area contributed by atoms with Gasteiger partial charge in [0.25, 0.3) is 29.5 Å². The van der Waals surface area contributed by atoms with Gasteiger partial charge < -0.3 is 67.4 Å². The van der Waals surface area contributed by atoms with Crippen LogP contribution >= 0.6 is 0 Å². The number of aryl methyl sites for hydroxylation is 10. The van der Waals surface area contributed by atoms with E-state index in [2.05, 4.69) is 144 Å². The summed E-state index contributed by atoms with van der Waals surface area (Å²) < 4.78 is 15.5. The van der Waals surface area contributed by atoms with Crippen LogP contribution in [0.4, 0.5) is 29.1 Å². The summed E-state index contributed by atoms with van der Waals surface area (Å²) in [6.45, 7) is 25.9. The van der Waals surface area contributed by atoms with Crippen molar-refractivity contribution in [2.75, 3.05) is 113 Å². The molecule has 9 aromatic carbocycles. The molecule has 716 valence electrons. The summed E-state index contributed by atoms with van der Waals surface area (Å²) in [5, 5.41) is 82.7. The second kappa shape index (κ2) is 51.9. The number of amides is 5. The van der Waals surface area contributed by atoms with Crippen LogP contribution in [0.15, 0.2) is 219 Å². The SMILES string of the molecule is COc1ccc(C(=O)NCCCNc2nc3cc(C)cc(C)c3cc2C#N)cc1.COc1cccc(C(=O)NCCCNc2nc3cc(C)cc(C)c3cc2C#N)c1.COc1ccccc1C(=O)NCCCNc1nc2cc(C)cc(C)c2cc1C#N.Cc1cc(C)c2cc(C#N)c(NCCCNC(=O)c3ccccc3)nc2c1.Cc1cc(C)c2cc(C#N)c(NCCCNC(=O)c3ccccn3)nc2c1. The fraction of sp³-hybridized carbons (Fsp3) is 0.250.